The summed E-state index contributed by atoms with van der Waals surface area (Å²) in [6.45, 7) is 0. The Bertz CT molecular complexity index is 704. The lowest BCUT2D eigenvalue weighted by atomic mass is 10.3. The molecule has 3 N–H and O–H groups in total. The SMILES string of the molecule is NC(=S)c1ncccc1S(=O)(=O)Nc1nccnn1. The average molecular weight is 296 g/mol. The largest absolute Gasteiger partial charge is 0.388 e. The fourth-order valence-corrected chi connectivity index (χ4v) is 2.61. The molecular weight excluding hydrogens is 288 g/mol. The van der Waals surface area contributed by atoms with Gasteiger partial charge in [-0.2, -0.15) is 5.10 Å². The highest BCUT2D eigenvalue weighted by Crippen LogP contribution is 2.15. The summed E-state index contributed by atoms with van der Waals surface area (Å²) in [5, 5.41) is 7.04. The fourth-order valence-electron chi connectivity index (χ4n) is 1.26. The molecule has 0 aliphatic heterocycles. The van der Waals surface area contributed by atoms with Crippen molar-refractivity contribution in [3.05, 3.63) is 36.4 Å². The number of hydrogen-bond acceptors (Lipinski definition) is 7. The van der Waals surface area contributed by atoms with Gasteiger partial charge in [0, 0.05) is 6.20 Å². The summed E-state index contributed by atoms with van der Waals surface area (Å²) in [7, 11) is -3.93. The number of rotatable bonds is 4. The Balaban J connectivity index is 2.43. The summed E-state index contributed by atoms with van der Waals surface area (Å²) >= 11 is 4.76. The van der Waals surface area contributed by atoms with Crippen LogP contribution in [-0.2, 0) is 10.0 Å². The van der Waals surface area contributed by atoms with Gasteiger partial charge >= 0.3 is 0 Å². The van der Waals surface area contributed by atoms with Gasteiger partial charge in [-0.15, -0.1) is 5.10 Å². The highest BCUT2D eigenvalue weighted by atomic mass is 32.2. The third kappa shape index (κ3) is 2.98. The van der Waals surface area contributed by atoms with Gasteiger partial charge in [0.1, 0.15) is 15.6 Å². The van der Waals surface area contributed by atoms with Gasteiger partial charge in [-0.05, 0) is 12.1 Å². The number of sulfonamides is 1. The van der Waals surface area contributed by atoms with E-state index in [-0.39, 0.29) is 21.5 Å². The molecular formula is C9H8N6O2S2. The zero-order chi connectivity index (χ0) is 13.9. The highest BCUT2D eigenvalue weighted by molar-refractivity contribution is 7.93. The van der Waals surface area contributed by atoms with Crippen molar-refractivity contribution in [1.29, 1.82) is 0 Å². The van der Waals surface area contributed by atoms with Crippen molar-refractivity contribution in [3.8, 4) is 0 Å². The van der Waals surface area contributed by atoms with Crippen LogP contribution in [0.5, 0.6) is 0 Å². The van der Waals surface area contributed by atoms with Crippen LogP contribution < -0.4 is 10.5 Å². The van der Waals surface area contributed by atoms with Crippen LogP contribution in [0.25, 0.3) is 0 Å². The zero-order valence-electron chi connectivity index (χ0n) is 9.39. The minimum atomic E-state index is -3.93. The number of nitrogens with two attached hydrogens (primary N) is 1. The molecule has 10 heteroatoms. The first kappa shape index (κ1) is 13.2. The van der Waals surface area contributed by atoms with E-state index in [4.69, 9.17) is 18.0 Å². The Morgan fingerprint density at radius 2 is 2.05 bits per heavy atom. The van der Waals surface area contributed by atoms with Gasteiger partial charge in [0.25, 0.3) is 16.0 Å². The van der Waals surface area contributed by atoms with Crippen LogP contribution in [0.1, 0.15) is 5.69 Å². The summed E-state index contributed by atoms with van der Waals surface area (Å²) in [5.74, 6) is -0.153. The van der Waals surface area contributed by atoms with Crippen molar-refractivity contribution in [2.75, 3.05) is 4.72 Å². The standard InChI is InChI=1S/C9H8N6O2S2/c10-8(18)7-6(2-1-3-11-7)19(16,17)15-9-12-4-5-13-14-9/h1-5H,(H2,10,18)(H,12,14,15). The molecule has 0 atom stereocenters. The lowest BCUT2D eigenvalue weighted by molar-refractivity contribution is 0.600. The molecule has 0 saturated heterocycles. The summed E-state index contributed by atoms with van der Waals surface area (Å²) in [6.07, 6.45) is 4.03. The second kappa shape index (κ2) is 5.20. The van der Waals surface area contributed by atoms with Crippen LogP contribution in [-0.4, -0.2) is 33.6 Å². The van der Waals surface area contributed by atoms with E-state index in [9.17, 15) is 8.42 Å². The molecule has 0 aromatic carbocycles. The summed E-state index contributed by atoms with van der Waals surface area (Å²) in [4.78, 5) is 7.30. The van der Waals surface area contributed by atoms with Crippen LogP contribution >= 0.6 is 12.2 Å². The number of aromatic nitrogens is 4. The van der Waals surface area contributed by atoms with Crippen LogP contribution in [0.4, 0.5) is 5.95 Å². The third-order valence-corrected chi connectivity index (χ3v) is 3.55. The van der Waals surface area contributed by atoms with E-state index >= 15 is 0 Å². The minimum absolute atomic E-state index is 0.00823. The summed E-state index contributed by atoms with van der Waals surface area (Å²) in [6, 6.07) is 2.79. The molecule has 0 amide bonds. The Morgan fingerprint density at radius 3 is 2.68 bits per heavy atom. The van der Waals surface area contributed by atoms with E-state index in [0.717, 1.165) is 0 Å². The molecule has 2 rings (SSSR count). The van der Waals surface area contributed by atoms with E-state index in [1.165, 1.54) is 30.7 Å². The normalized spacial score (nSPS) is 10.9. The molecule has 2 heterocycles. The van der Waals surface area contributed by atoms with Gasteiger partial charge in [-0.25, -0.2) is 18.1 Å². The first-order chi connectivity index (χ1) is 9.00. The van der Waals surface area contributed by atoms with E-state index in [2.05, 4.69) is 24.9 Å². The molecule has 0 fully saturated rings. The topological polar surface area (TPSA) is 124 Å². The first-order valence-electron chi connectivity index (χ1n) is 4.92. The van der Waals surface area contributed by atoms with E-state index in [0.29, 0.717) is 0 Å². The monoisotopic (exact) mass is 296 g/mol. The van der Waals surface area contributed by atoms with Gasteiger partial charge < -0.3 is 5.73 Å². The van der Waals surface area contributed by atoms with Gasteiger partial charge in [-0.1, -0.05) is 12.2 Å². The van der Waals surface area contributed by atoms with Crippen molar-refractivity contribution >= 4 is 33.2 Å². The predicted molar refractivity (Wildman–Crippen MR) is 70.8 cm³/mol. The molecule has 2 aromatic heterocycles. The number of anilines is 1. The number of pyridine rings is 1. The Morgan fingerprint density at radius 1 is 1.26 bits per heavy atom. The number of thiocarbonyl (C=S) groups is 1. The van der Waals surface area contributed by atoms with E-state index in [1.54, 1.807) is 0 Å². The van der Waals surface area contributed by atoms with Crippen molar-refractivity contribution in [3.63, 3.8) is 0 Å². The lowest BCUT2D eigenvalue weighted by Crippen LogP contribution is -2.22. The van der Waals surface area contributed by atoms with Gasteiger partial charge in [0.05, 0.1) is 12.4 Å². The smallest absolute Gasteiger partial charge is 0.266 e. The van der Waals surface area contributed by atoms with Crippen LogP contribution in [0, 0.1) is 0 Å². The van der Waals surface area contributed by atoms with E-state index < -0.39 is 10.0 Å². The molecule has 0 aliphatic rings. The lowest BCUT2D eigenvalue weighted by Gasteiger charge is -2.08. The molecule has 0 aliphatic carbocycles. The minimum Gasteiger partial charge on any atom is -0.388 e. The van der Waals surface area contributed by atoms with Crippen LogP contribution in [0.2, 0.25) is 0 Å². The molecule has 2 aromatic rings. The van der Waals surface area contributed by atoms with Crippen LogP contribution in [0.15, 0.2) is 35.6 Å². The second-order valence-corrected chi connectivity index (χ2v) is 5.38. The van der Waals surface area contributed by atoms with Gasteiger partial charge in [0.15, 0.2) is 0 Å². The molecule has 98 valence electrons. The number of hydrogen-bond donors (Lipinski definition) is 2. The first-order valence-corrected chi connectivity index (χ1v) is 6.81. The second-order valence-electron chi connectivity index (χ2n) is 3.29. The summed E-state index contributed by atoms with van der Waals surface area (Å²) < 4.78 is 26.5. The summed E-state index contributed by atoms with van der Waals surface area (Å²) in [5.41, 5.74) is 5.45. The molecule has 8 nitrogen and oxygen atoms in total. The predicted octanol–water partition coefficient (Wildman–Crippen LogP) is -0.298. The highest BCUT2D eigenvalue weighted by Gasteiger charge is 2.21. The molecule has 0 unspecified atom stereocenters. The average Bonchev–Trinajstić information content (AvgIpc) is 2.39. The quantitative estimate of drug-likeness (QED) is 0.737. The molecule has 0 saturated carbocycles. The maximum atomic E-state index is 12.2. The molecule has 0 spiro atoms. The van der Waals surface area contributed by atoms with Crippen molar-refractivity contribution < 1.29 is 8.42 Å². The Hall–Kier alpha value is -2.20. The van der Waals surface area contributed by atoms with Gasteiger partial charge in [-0.3, -0.25) is 4.98 Å². The van der Waals surface area contributed by atoms with Crippen molar-refractivity contribution in [1.82, 2.24) is 20.2 Å². The third-order valence-electron chi connectivity index (χ3n) is 2.00. The maximum Gasteiger partial charge on any atom is 0.266 e. The maximum absolute atomic E-state index is 12.2. The Labute approximate surface area is 114 Å². The number of nitrogens with one attached hydrogen (secondary N) is 1. The van der Waals surface area contributed by atoms with Crippen molar-refractivity contribution in [2.24, 2.45) is 5.73 Å². The fraction of sp³-hybridized carbons (Fsp3) is 0. The Kier molecular flexibility index (Phi) is 3.62. The molecule has 0 radical (unpaired) electrons. The molecule has 0 bridgehead atoms. The zero-order valence-corrected chi connectivity index (χ0v) is 11.0. The van der Waals surface area contributed by atoms with Crippen molar-refractivity contribution in [2.45, 2.75) is 4.90 Å². The van der Waals surface area contributed by atoms with Crippen LogP contribution in [0.3, 0.4) is 0 Å². The van der Waals surface area contributed by atoms with Gasteiger partial charge in [0.2, 0.25) is 0 Å². The number of nitrogens with zero attached hydrogens (tertiary/aromatic N) is 4. The molecule has 19 heavy (non-hydrogen) atoms. The van der Waals surface area contributed by atoms with E-state index in [1.807, 2.05) is 0 Å².